The van der Waals surface area contributed by atoms with Gasteiger partial charge in [0.05, 0.1) is 5.92 Å². The predicted molar refractivity (Wildman–Crippen MR) is 112 cm³/mol. The summed E-state index contributed by atoms with van der Waals surface area (Å²) < 4.78 is 16.0. The Hall–Kier alpha value is -2.66. The van der Waals surface area contributed by atoms with E-state index in [2.05, 4.69) is 47.0 Å². The Labute approximate surface area is 170 Å². The summed E-state index contributed by atoms with van der Waals surface area (Å²) >= 11 is 0. The highest BCUT2D eigenvalue weighted by Gasteiger charge is 2.46. The molecule has 5 heteroatoms. The number of likely N-dealkylation sites (N-methyl/N-ethyl adjacent to an activating group) is 1. The minimum absolute atomic E-state index is 0.00398. The van der Waals surface area contributed by atoms with Gasteiger partial charge in [-0.05, 0) is 49.4 Å². The van der Waals surface area contributed by atoms with E-state index in [1.807, 2.05) is 12.1 Å². The van der Waals surface area contributed by atoms with E-state index >= 15 is 0 Å². The van der Waals surface area contributed by atoms with Crippen molar-refractivity contribution in [3.8, 4) is 0 Å². The molecule has 1 N–H and O–H groups in total. The van der Waals surface area contributed by atoms with Crippen molar-refractivity contribution >= 4 is 16.8 Å². The first-order chi connectivity index (χ1) is 14.0. The third kappa shape index (κ3) is 2.79. The van der Waals surface area contributed by atoms with Crippen molar-refractivity contribution in [3.63, 3.8) is 0 Å². The summed E-state index contributed by atoms with van der Waals surface area (Å²) in [5.41, 5.74) is 6.18. The Bertz CT molecular complexity index is 1100. The number of amides is 1. The van der Waals surface area contributed by atoms with Crippen molar-refractivity contribution in [1.82, 2.24) is 14.8 Å². The molecule has 0 aliphatic carbocycles. The molecule has 1 aromatic heterocycles. The molecular weight excluding hydrogens is 365 g/mol. The number of aryl methyl sites for hydroxylation is 1. The normalized spacial score (nSPS) is 23.8. The van der Waals surface area contributed by atoms with Gasteiger partial charge in [0.15, 0.2) is 0 Å². The summed E-state index contributed by atoms with van der Waals surface area (Å²) in [4.78, 5) is 15.4. The zero-order valence-corrected chi connectivity index (χ0v) is 17.1. The molecule has 150 valence electrons. The van der Waals surface area contributed by atoms with Gasteiger partial charge in [0.1, 0.15) is 5.82 Å². The SMILES string of the molecule is CNC(=O)C1C(c2ccc(F)cc2)Cn2c3c(c4cc(C)ccc42)CN(C)CC31. The summed E-state index contributed by atoms with van der Waals surface area (Å²) in [5.74, 6) is -0.240. The molecule has 0 saturated heterocycles. The van der Waals surface area contributed by atoms with Crippen LogP contribution >= 0.6 is 0 Å². The van der Waals surface area contributed by atoms with Crippen LogP contribution in [-0.4, -0.2) is 36.0 Å². The highest BCUT2D eigenvalue weighted by atomic mass is 19.1. The van der Waals surface area contributed by atoms with Gasteiger partial charge in [0.2, 0.25) is 5.91 Å². The molecule has 3 atom stereocenters. The molecule has 2 aromatic carbocycles. The summed E-state index contributed by atoms with van der Waals surface area (Å²) in [6, 6.07) is 13.3. The lowest BCUT2D eigenvalue weighted by Gasteiger charge is -2.43. The second-order valence-electron chi connectivity index (χ2n) is 8.60. The van der Waals surface area contributed by atoms with Crippen LogP contribution in [0.15, 0.2) is 42.5 Å². The van der Waals surface area contributed by atoms with Gasteiger partial charge in [-0.2, -0.15) is 0 Å². The number of carbonyl (C=O) groups excluding carboxylic acids is 1. The van der Waals surface area contributed by atoms with E-state index in [4.69, 9.17) is 0 Å². The van der Waals surface area contributed by atoms with E-state index < -0.39 is 0 Å². The number of hydrogen-bond donors (Lipinski definition) is 1. The average molecular weight is 391 g/mol. The lowest BCUT2D eigenvalue weighted by molar-refractivity contribution is -0.127. The smallest absolute Gasteiger partial charge is 0.224 e. The molecule has 2 aliphatic heterocycles. The zero-order valence-electron chi connectivity index (χ0n) is 17.1. The van der Waals surface area contributed by atoms with E-state index in [9.17, 15) is 9.18 Å². The van der Waals surface area contributed by atoms with Crippen LogP contribution in [0.2, 0.25) is 0 Å². The Morgan fingerprint density at radius 2 is 1.86 bits per heavy atom. The summed E-state index contributed by atoms with van der Waals surface area (Å²) in [7, 11) is 3.84. The van der Waals surface area contributed by atoms with Crippen LogP contribution in [0.5, 0.6) is 0 Å². The van der Waals surface area contributed by atoms with E-state index in [0.29, 0.717) is 0 Å². The highest BCUT2D eigenvalue weighted by molar-refractivity contribution is 5.88. The van der Waals surface area contributed by atoms with Gasteiger partial charge in [0.25, 0.3) is 0 Å². The molecule has 0 radical (unpaired) electrons. The number of aromatic nitrogens is 1. The predicted octanol–water partition coefficient (Wildman–Crippen LogP) is 3.78. The molecule has 0 fully saturated rings. The van der Waals surface area contributed by atoms with Crippen LogP contribution in [0, 0.1) is 18.7 Å². The number of benzene rings is 2. The molecule has 3 heterocycles. The molecule has 1 amide bonds. The number of hydrogen-bond acceptors (Lipinski definition) is 2. The number of nitrogens with zero attached hydrogens (tertiary/aromatic N) is 2. The van der Waals surface area contributed by atoms with Gasteiger partial charge >= 0.3 is 0 Å². The van der Waals surface area contributed by atoms with Crippen LogP contribution in [-0.2, 0) is 17.9 Å². The second kappa shape index (κ2) is 6.70. The van der Waals surface area contributed by atoms with Gasteiger partial charge in [-0.15, -0.1) is 0 Å². The first-order valence-corrected chi connectivity index (χ1v) is 10.2. The maximum absolute atomic E-state index is 13.6. The van der Waals surface area contributed by atoms with Crippen molar-refractivity contribution in [3.05, 3.63) is 70.7 Å². The molecule has 5 rings (SSSR count). The van der Waals surface area contributed by atoms with Gasteiger partial charge < -0.3 is 14.8 Å². The fraction of sp³-hybridized carbons (Fsp3) is 0.375. The number of halogens is 1. The van der Waals surface area contributed by atoms with Crippen molar-refractivity contribution < 1.29 is 9.18 Å². The third-order valence-electron chi connectivity index (χ3n) is 6.75. The molecular formula is C24H26FN3O. The van der Waals surface area contributed by atoms with Crippen molar-refractivity contribution in [2.45, 2.75) is 31.8 Å². The largest absolute Gasteiger partial charge is 0.359 e. The Balaban J connectivity index is 1.75. The maximum Gasteiger partial charge on any atom is 0.224 e. The number of rotatable bonds is 2. The van der Waals surface area contributed by atoms with Gasteiger partial charge in [-0.25, -0.2) is 4.39 Å². The lowest BCUT2D eigenvalue weighted by atomic mass is 9.71. The summed E-state index contributed by atoms with van der Waals surface area (Å²) in [5, 5.41) is 4.20. The molecule has 3 unspecified atom stereocenters. The van der Waals surface area contributed by atoms with Gasteiger partial charge in [0, 0.05) is 55.1 Å². The Kier molecular flexibility index (Phi) is 4.24. The third-order valence-corrected chi connectivity index (χ3v) is 6.75. The van der Waals surface area contributed by atoms with E-state index in [1.54, 1.807) is 7.05 Å². The molecule has 4 nitrogen and oxygen atoms in total. The maximum atomic E-state index is 13.6. The Morgan fingerprint density at radius 1 is 1.10 bits per heavy atom. The molecule has 0 bridgehead atoms. The van der Waals surface area contributed by atoms with Gasteiger partial charge in [-0.1, -0.05) is 23.8 Å². The fourth-order valence-electron chi connectivity index (χ4n) is 5.53. The molecule has 0 spiro atoms. The number of nitrogens with one attached hydrogen (secondary N) is 1. The van der Waals surface area contributed by atoms with Crippen molar-refractivity contribution in [2.75, 3.05) is 20.6 Å². The van der Waals surface area contributed by atoms with Crippen LogP contribution < -0.4 is 5.32 Å². The van der Waals surface area contributed by atoms with Crippen LogP contribution in [0.3, 0.4) is 0 Å². The molecule has 29 heavy (non-hydrogen) atoms. The van der Waals surface area contributed by atoms with Crippen LogP contribution in [0.1, 0.15) is 34.2 Å². The lowest BCUT2D eigenvalue weighted by Crippen LogP contribution is -2.46. The minimum Gasteiger partial charge on any atom is -0.359 e. The highest BCUT2D eigenvalue weighted by Crippen LogP contribution is 2.48. The number of fused-ring (bicyclic) bond motifs is 3. The first-order valence-electron chi connectivity index (χ1n) is 10.2. The number of carbonyl (C=O) groups is 1. The zero-order chi connectivity index (χ0) is 20.3. The van der Waals surface area contributed by atoms with Gasteiger partial charge in [-0.3, -0.25) is 4.79 Å². The average Bonchev–Trinajstić information content (AvgIpc) is 3.01. The second-order valence-corrected chi connectivity index (χ2v) is 8.60. The minimum atomic E-state index is -0.247. The topological polar surface area (TPSA) is 37.3 Å². The van der Waals surface area contributed by atoms with Crippen LogP contribution in [0.4, 0.5) is 4.39 Å². The standard InChI is InChI=1S/C24H26FN3O/c1-14-4-9-21-17(10-14)19-11-27(3)12-20-22(24(29)26-2)18(13-28(21)23(19)20)15-5-7-16(25)8-6-15/h4-10,18,20,22H,11-13H2,1-3H3,(H,26,29). The Morgan fingerprint density at radius 3 is 2.59 bits per heavy atom. The summed E-state index contributed by atoms with van der Waals surface area (Å²) in [6.07, 6.45) is 0. The molecule has 2 aliphatic rings. The van der Waals surface area contributed by atoms with E-state index in [1.165, 1.54) is 39.9 Å². The summed E-state index contributed by atoms with van der Waals surface area (Å²) in [6.45, 7) is 4.61. The van der Waals surface area contributed by atoms with Crippen molar-refractivity contribution in [1.29, 1.82) is 0 Å². The van der Waals surface area contributed by atoms with E-state index in [-0.39, 0.29) is 29.5 Å². The first kappa shape index (κ1) is 18.4. The molecule has 3 aromatic rings. The fourth-order valence-corrected chi connectivity index (χ4v) is 5.53. The van der Waals surface area contributed by atoms with E-state index in [0.717, 1.165) is 25.2 Å². The monoisotopic (exact) mass is 391 g/mol. The van der Waals surface area contributed by atoms with Crippen molar-refractivity contribution in [2.24, 2.45) is 5.92 Å². The molecule has 0 saturated carbocycles. The van der Waals surface area contributed by atoms with Crippen LogP contribution in [0.25, 0.3) is 10.9 Å². The quantitative estimate of drug-likeness (QED) is 0.722.